The fourth-order valence-electron chi connectivity index (χ4n) is 2.93. The van der Waals surface area contributed by atoms with E-state index in [1.54, 1.807) is 9.36 Å². The van der Waals surface area contributed by atoms with E-state index in [1.807, 2.05) is 62.3 Å². The lowest BCUT2D eigenvalue weighted by atomic mass is 10.1. The molecule has 122 valence electrons. The standard InChI is InChI=1S/C17H17N5OS/c1-21-15(11-6-4-3-5-7-11)8-13(19-21)17(23)18-16-12-9-24-10-14(12)20-22(16)2/h3-8H,9-10H2,1-2H3,(H,18,23). The average molecular weight is 339 g/mol. The average Bonchev–Trinajstić information content (AvgIpc) is 3.25. The Balaban J connectivity index is 1.62. The molecule has 24 heavy (non-hydrogen) atoms. The van der Waals surface area contributed by atoms with Crippen LogP contribution in [0.4, 0.5) is 5.82 Å². The molecule has 7 heteroatoms. The number of aryl methyl sites for hydroxylation is 2. The van der Waals surface area contributed by atoms with Crippen molar-refractivity contribution in [3.8, 4) is 11.3 Å². The van der Waals surface area contributed by atoms with Crippen LogP contribution in [-0.4, -0.2) is 25.5 Å². The van der Waals surface area contributed by atoms with Crippen LogP contribution in [0.15, 0.2) is 36.4 Å². The molecule has 0 atom stereocenters. The van der Waals surface area contributed by atoms with Crippen LogP contribution in [0.1, 0.15) is 21.7 Å². The molecule has 1 N–H and O–H groups in total. The first-order valence-electron chi connectivity index (χ1n) is 7.67. The van der Waals surface area contributed by atoms with E-state index in [0.717, 1.165) is 39.8 Å². The highest BCUT2D eigenvalue weighted by molar-refractivity contribution is 7.98. The molecule has 0 aliphatic carbocycles. The van der Waals surface area contributed by atoms with Gasteiger partial charge in [-0.3, -0.25) is 14.2 Å². The molecule has 2 aromatic heterocycles. The third kappa shape index (κ3) is 2.50. The van der Waals surface area contributed by atoms with Crippen LogP contribution in [0, 0.1) is 0 Å². The number of carbonyl (C=O) groups excluding carboxylic acids is 1. The number of carbonyl (C=O) groups is 1. The van der Waals surface area contributed by atoms with Gasteiger partial charge in [-0.2, -0.15) is 22.0 Å². The lowest BCUT2D eigenvalue weighted by molar-refractivity contribution is 0.102. The van der Waals surface area contributed by atoms with Gasteiger partial charge in [0.1, 0.15) is 5.82 Å². The minimum atomic E-state index is -0.213. The summed E-state index contributed by atoms with van der Waals surface area (Å²) in [5, 5.41) is 11.8. The van der Waals surface area contributed by atoms with E-state index in [4.69, 9.17) is 0 Å². The van der Waals surface area contributed by atoms with E-state index in [1.165, 1.54) is 0 Å². The Hall–Kier alpha value is -2.54. The van der Waals surface area contributed by atoms with Gasteiger partial charge in [-0.15, -0.1) is 0 Å². The molecule has 1 aliphatic rings. The largest absolute Gasteiger partial charge is 0.305 e. The number of rotatable bonds is 3. The van der Waals surface area contributed by atoms with Gasteiger partial charge in [0, 0.05) is 31.2 Å². The summed E-state index contributed by atoms with van der Waals surface area (Å²) in [6, 6.07) is 11.7. The van der Waals surface area contributed by atoms with Gasteiger partial charge in [-0.25, -0.2) is 0 Å². The second-order valence-electron chi connectivity index (χ2n) is 5.75. The topological polar surface area (TPSA) is 64.7 Å². The fourth-order valence-corrected chi connectivity index (χ4v) is 3.96. The third-order valence-corrected chi connectivity index (χ3v) is 5.10. The molecule has 1 amide bonds. The third-order valence-electron chi connectivity index (χ3n) is 4.13. The number of hydrogen-bond donors (Lipinski definition) is 1. The Bertz CT molecular complexity index is 913. The summed E-state index contributed by atoms with van der Waals surface area (Å²) in [6.07, 6.45) is 0. The molecular weight excluding hydrogens is 322 g/mol. The molecule has 0 saturated carbocycles. The predicted molar refractivity (Wildman–Crippen MR) is 94.8 cm³/mol. The zero-order chi connectivity index (χ0) is 16.7. The highest BCUT2D eigenvalue weighted by Crippen LogP contribution is 2.34. The van der Waals surface area contributed by atoms with Gasteiger partial charge in [0.05, 0.1) is 11.4 Å². The van der Waals surface area contributed by atoms with Crippen molar-refractivity contribution in [3.05, 3.63) is 53.3 Å². The maximum atomic E-state index is 12.6. The number of hydrogen-bond acceptors (Lipinski definition) is 4. The van der Waals surface area contributed by atoms with Gasteiger partial charge in [0.25, 0.3) is 5.91 Å². The Kier molecular flexibility index (Phi) is 3.65. The first-order valence-corrected chi connectivity index (χ1v) is 8.82. The van der Waals surface area contributed by atoms with Crippen molar-refractivity contribution in [2.45, 2.75) is 11.5 Å². The van der Waals surface area contributed by atoms with Gasteiger partial charge < -0.3 is 5.32 Å². The molecule has 0 fully saturated rings. The van der Waals surface area contributed by atoms with Crippen molar-refractivity contribution in [2.75, 3.05) is 5.32 Å². The van der Waals surface area contributed by atoms with Crippen molar-refractivity contribution in [1.82, 2.24) is 19.6 Å². The van der Waals surface area contributed by atoms with Crippen LogP contribution in [0.5, 0.6) is 0 Å². The molecule has 1 aromatic carbocycles. The molecule has 0 radical (unpaired) electrons. The van der Waals surface area contributed by atoms with Crippen LogP contribution < -0.4 is 5.32 Å². The van der Waals surface area contributed by atoms with E-state index in [0.29, 0.717) is 5.69 Å². The van der Waals surface area contributed by atoms with Gasteiger partial charge >= 0.3 is 0 Å². The number of fused-ring (bicyclic) bond motifs is 1. The molecular formula is C17H17N5OS. The van der Waals surface area contributed by atoms with Gasteiger partial charge in [-0.1, -0.05) is 30.3 Å². The van der Waals surface area contributed by atoms with Crippen LogP contribution in [-0.2, 0) is 25.6 Å². The van der Waals surface area contributed by atoms with Gasteiger partial charge in [0.15, 0.2) is 5.69 Å². The maximum absolute atomic E-state index is 12.6. The van der Waals surface area contributed by atoms with Crippen molar-refractivity contribution in [3.63, 3.8) is 0 Å². The molecule has 0 bridgehead atoms. The summed E-state index contributed by atoms with van der Waals surface area (Å²) < 4.78 is 3.47. The van der Waals surface area contributed by atoms with Crippen molar-refractivity contribution in [1.29, 1.82) is 0 Å². The molecule has 3 heterocycles. The van der Waals surface area contributed by atoms with Gasteiger partial charge in [0.2, 0.25) is 0 Å². The second kappa shape index (κ2) is 5.83. The molecule has 0 unspecified atom stereocenters. The molecule has 3 aromatic rings. The fraction of sp³-hybridized carbons (Fsp3) is 0.235. The molecule has 6 nitrogen and oxygen atoms in total. The normalized spacial score (nSPS) is 13.1. The smallest absolute Gasteiger partial charge is 0.277 e. The van der Waals surface area contributed by atoms with Gasteiger partial charge in [-0.05, 0) is 11.6 Å². The molecule has 4 rings (SSSR count). The molecule has 0 saturated heterocycles. The van der Waals surface area contributed by atoms with E-state index >= 15 is 0 Å². The van der Waals surface area contributed by atoms with E-state index in [-0.39, 0.29) is 5.91 Å². The zero-order valence-electron chi connectivity index (χ0n) is 13.5. The van der Waals surface area contributed by atoms with E-state index in [9.17, 15) is 4.79 Å². The van der Waals surface area contributed by atoms with Crippen LogP contribution in [0.25, 0.3) is 11.3 Å². The van der Waals surface area contributed by atoms with Crippen molar-refractivity contribution in [2.24, 2.45) is 14.1 Å². The van der Waals surface area contributed by atoms with Crippen molar-refractivity contribution < 1.29 is 4.79 Å². The minimum absolute atomic E-state index is 0.213. The summed E-state index contributed by atoms with van der Waals surface area (Å²) >= 11 is 1.81. The first-order chi connectivity index (χ1) is 11.6. The first kappa shape index (κ1) is 15.0. The Morgan fingerprint density at radius 1 is 1.12 bits per heavy atom. The number of amides is 1. The summed E-state index contributed by atoms with van der Waals surface area (Å²) in [6.45, 7) is 0. The SMILES string of the molecule is Cn1nc(C(=O)Nc2c3c(nn2C)CSC3)cc1-c1ccccc1. The predicted octanol–water partition coefficient (Wildman–Crippen LogP) is 2.82. The number of nitrogens with one attached hydrogen (secondary N) is 1. The number of aromatic nitrogens is 4. The number of nitrogens with zero attached hydrogens (tertiary/aromatic N) is 4. The highest BCUT2D eigenvalue weighted by atomic mass is 32.2. The Labute approximate surface area is 143 Å². The van der Waals surface area contributed by atoms with E-state index < -0.39 is 0 Å². The molecule has 1 aliphatic heterocycles. The quantitative estimate of drug-likeness (QED) is 0.797. The summed E-state index contributed by atoms with van der Waals surface area (Å²) in [7, 11) is 3.70. The van der Waals surface area contributed by atoms with Crippen LogP contribution >= 0.6 is 11.8 Å². The van der Waals surface area contributed by atoms with Crippen molar-refractivity contribution >= 4 is 23.5 Å². The van der Waals surface area contributed by atoms with Crippen LogP contribution in [0.2, 0.25) is 0 Å². The number of thioether (sulfide) groups is 1. The monoisotopic (exact) mass is 339 g/mol. The molecule has 0 spiro atoms. The lowest BCUT2D eigenvalue weighted by Crippen LogP contribution is -2.16. The summed E-state index contributed by atoms with van der Waals surface area (Å²) in [5.74, 6) is 2.35. The summed E-state index contributed by atoms with van der Waals surface area (Å²) in [5.41, 5.74) is 4.52. The lowest BCUT2D eigenvalue weighted by Gasteiger charge is -2.05. The number of benzene rings is 1. The maximum Gasteiger partial charge on any atom is 0.277 e. The highest BCUT2D eigenvalue weighted by Gasteiger charge is 2.24. The van der Waals surface area contributed by atoms with Crippen LogP contribution in [0.3, 0.4) is 0 Å². The second-order valence-corrected chi connectivity index (χ2v) is 6.73. The van der Waals surface area contributed by atoms with E-state index in [2.05, 4.69) is 15.5 Å². The Morgan fingerprint density at radius 3 is 2.71 bits per heavy atom. The summed E-state index contributed by atoms with van der Waals surface area (Å²) in [4.78, 5) is 12.6. The Morgan fingerprint density at radius 2 is 1.92 bits per heavy atom. The zero-order valence-corrected chi connectivity index (χ0v) is 14.3. The number of anilines is 1. The minimum Gasteiger partial charge on any atom is -0.305 e.